The van der Waals surface area contributed by atoms with Gasteiger partial charge in [0, 0.05) is 31.1 Å². The molecule has 3 rings (SSSR count). The van der Waals surface area contributed by atoms with Gasteiger partial charge in [0.2, 0.25) is 0 Å². The SMILES string of the molecule is O=C(NCCN1CCOCC1)c1cc2c(s1)CS(=O)(=O)C2. The topological polar surface area (TPSA) is 75.7 Å². The van der Waals surface area contributed by atoms with Crippen molar-refractivity contribution in [3.8, 4) is 0 Å². The molecule has 116 valence electrons. The van der Waals surface area contributed by atoms with Crippen LogP contribution in [0.3, 0.4) is 0 Å². The summed E-state index contributed by atoms with van der Waals surface area (Å²) in [5.41, 5.74) is 0.790. The first-order chi connectivity index (χ1) is 10.0. The molecule has 1 aromatic heterocycles. The molecule has 0 spiro atoms. The van der Waals surface area contributed by atoms with E-state index in [1.54, 1.807) is 6.07 Å². The zero-order chi connectivity index (χ0) is 14.9. The average molecular weight is 330 g/mol. The summed E-state index contributed by atoms with van der Waals surface area (Å²) in [4.78, 5) is 15.7. The van der Waals surface area contributed by atoms with Crippen LogP contribution in [0.15, 0.2) is 6.07 Å². The second-order valence-electron chi connectivity index (χ2n) is 5.30. The Morgan fingerprint density at radius 2 is 2.10 bits per heavy atom. The molecule has 1 saturated heterocycles. The van der Waals surface area contributed by atoms with Crippen molar-refractivity contribution in [2.45, 2.75) is 11.5 Å². The van der Waals surface area contributed by atoms with E-state index in [1.807, 2.05) is 0 Å². The fourth-order valence-electron chi connectivity index (χ4n) is 2.55. The number of carbonyl (C=O) groups excluding carboxylic acids is 1. The number of fused-ring (bicyclic) bond motifs is 1. The van der Waals surface area contributed by atoms with Gasteiger partial charge in [-0.15, -0.1) is 11.3 Å². The molecule has 1 fully saturated rings. The number of amides is 1. The van der Waals surface area contributed by atoms with Crippen molar-refractivity contribution in [1.82, 2.24) is 10.2 Å². The van der Waals surface area contributed by atoms with Gasteiger partial charge < -0.3 is 10.1 Å². The summed E-state index contributed by atoms with van der Waals surface area (Å²) in [6.07, 6.45) is 0. The van der Waals surface area contributed by atoms with Gasteiger partial charge in [0.05, 0.1) is 29.6 Å². The molecule has 0 saturated carbocycles. The van der Waals surface area contributed by atoms with Crippen molar-refractivity contribution in [2.24, 2.45) is 0 Å². The Balaban J connectivity index is 1.50. The zero-order valence-corrected chi connectivity index (χ0v) is 13.3. The van der Waals surface area contributed by atoms with E-state index in [-0.39, 0.29) is 17.4 Å². The lowest BCUT2D eigenvalue weighted by atomic mass is 10.3. The summed E-state index contributed by atoms with van der Waals surface area (Å²) in [6, 6.07) is 1.72. The predicted octanol–water partition coefficient (Wildman–Crippen LogP) is 0.239. The lowest BCUT2D eigenvalue weighted by molar-refractivity contribution is 0.0383. The average Bonchev–Trinajstić information content (AvgIpc) is 2.93. The molecular weight excluding hydrogens is 312 g/mol. The van der Waals surface area contributed by atoms with Crippen molar-refractivity contribution in [2.75, 3.05) is 39.4 Å². The van der Waals surface area contributed by atoms with Crippen LogP contribution < -0.4 is 5.32 Å². The Hall–Kier alpha value is -0.960. The predicted molar refractivity (Wildman–Crippen MR) is 80.2 cm³/mol. The van der Waals surface area contributed by atoms with Gasteiger partial charge >= 0.3 is 0 Å². The number of ether oxygens (including phenoxy) is 1. The highest BCUT2D eigenvalue weighted by atomic mass is 32.2. The first-order valence-electron chi connectivity index (χ1n) is 6.94. The highest BCUT2D eigenvalue weighted by Crippen LogP contribution is 2.32. The second kappa shape index (κ2) is 6.04. The number of thiophene rings is 1. The van der Waals surface area contributed by atoms with Crippen molar-refractivity contribution in [3.05, 3.63) is 21.4 Å². The van der Waals surface area contributed by atoms with Crippen LogP contribution in [0.1, 0.15) is 20.1 Å². The summed E-state index contributed by atoms with van der Waals surface area (Å²) in [5.74, 6) is 0.0357. The van der Waals surface area contributed by atoms with Crippen LogP contribution in [0.2, 0.25) is 0 Å². The summed E-state index contributed by atoms with van der Waals surface area (Å²) < 4.78 is 28.2. The van der Waals surface area contributed by atoms with E-state index in [4.69, 9.17) is 4.74 Å². The van der Waals surface area contributed by atoms with E-state index < -0.39 is 9.84 Å². The van der Waals surface area contributed by atoms with Gasteiger partial charge in [-0.05, 0) is 11.6 Å². The van der Waals surface area contributed by atoms with Crippen molar-refractivity contribution >= 4 is 27.1 Å². The summed E-state index contributed by atoms with van der Waals surface area (Å²) >= 11 is 1.29. The van der Waals surface area contributed by atoms with Gasteiger partial charge in [0.15, 0.2) is 9.84 Å². The van der Waals surface area contributed by atoms with Gasteiger partial charge in [-0.3, -0.25) is 9.69 Å². The highest BCUT2D eigenvalue weighted by molar-refractivity contribution is 7.90. The second-order valence-corrected chi connectivity index (χ2v) is 8.50. The van der Waals surface area contributed by atoms with Gasteiger partial charge in [-0.2, -0.15) is 0 Å². The van der Waals surface area contributed by atoms with E-state index in [0.29, 0.717) is 11.4 Å². The number of rotatable bonds is 4. The molecule has 0 aromatic carbocycles. The maximum atomic E-state index is 12.1. The van der Waals surface area contributed by atoms with E-state index >= 15 is 0 Å². The van der Waals surface area contributed by atoms with Crippen LogP contribution in [0, 0.1) is 0 Å². The van der Waals surface area contributed by atoms with Gasteiger partial charge in [-0.25, -0.2) is 8.42 Å². The molecule has 8 heteroatoms. The standard InChI is InChI=1S/C13H18N2O4S2/c16-13(14-1-2-15-3-5-19-6-4-15)11-7-10-8-21(17,18)9-12(10)20-11/h7H,1-6,8-9H2,(H,14,16). The molecule has 6 nitrogen and oxygen atoms in total. The molecule has 0 atom stereocenters. The fraction of sp³-hybridized carbons (Fsp3) is 0.615. The number of nitrogens with one attached hydrogen (secondary N) is 1. The lowest BCUT2D eigenvalue weighted by Crippen LogP contribution is -2.41. The molecular formula is C13H18N2O4S2. The zero-order valence-electron chi connectivity index (χ0n) is 11.6. The Morgan fingerprint density at radius 1 is 1.33 bits per heavy atom. The minimum absolute atomic E-state index is 0.0693. The molecule has 2 aliphatic heterocycles. The van der Waals surface area contributed by atoms with Crippen molar-refractivity contribution < 1.29 is 17.9 Å². The number of morpholine rings is 1. The number of hydrogen-bond acceptors (Lipinski definition) is 6. The van der Waals surface area contributed by atoms with Gasteiger partial charge in [0.1, 0.15) is 0 Å². The van der Waals surface area contributed by atoms with Crippen LogP contribution in [0.5, 0.6) is 0 Å². The molecule has 0 bridgehead atoms. The third-order valence-corrected chi connectivity index (χ3v) is 6.50. The van der Waals surface area contributed by atoms with Crippen molar-refractivity contribution in [3.63, 3.8) is 0 Å². The number of nitrogens with zero attached hydrogens (tertiary/aromatic N) is 1. The fourth-order valence-corrected chi connectivity index (χ4v) is 5.73. The van der Waals surface area contributed by atoms with Crippen LogP contribution >= 0.6 is 11.3 Å². The molecule has 1 N–H and O–H groups in total. The monoisotopic (exact) mass is 330 g/mol. The van der Waals surface area contributed by atoms with E-state index in [9.17, 15) is 13.2 Å². The number of carbonyl (C=O) groups is 1. The van der Waals surface area contributed by atoms with E-state index in [2.05, 4.69) is 10.2 Å². The summed E-state index contributed by atoms with van der Waals surface area (Å²) in [5, 5.41) is 2.90. The maximum Gasteiger partial charge on any atom is 0.261 e. The molecule has 1 aromatic rings. The lowest BCUT2D eigenvalue weighted by Gasteiger charge is -2.26. The molecule has 3 heterocycles. The quantitative estimate of drug-likeness (QED) is 0.856. The van der Waals surface area contributed by atoms with E-state index in [1.165, 1.54) is 11.3 Å². The third kappa shape index (κ3) is 3.63. The molecule has 2 aliphatic rings. The highest BCUT2D eigenvalue weighted by Gasteiger charge is 2.28. The van der Waals surface area contributed by atoms with Crippen molar-refractivity contribution in [1.29, 1.82) is 0 Å². The summed E-state index contributed by atoms with van der Waals surface area (Å²) in [7, 11) is -2.98. The van der Waals surface area contributed by atoms with Gasteiger partial charge in [0.25, 0.3) is 5.91 Å². The number of hydrogen-bond donors (Lipinski definition) is 1. The summed E-state index contributed by atoms with van der Waals surface area (Å²) in [6.45, 7) is 4.72. The largest absolute Gasteiger partial charge is 0.379 e. The first-order valence-corrected chi connectivity index (χ1v) is 9.57. The smallest absolute Gasteiger partial charge is 0.261 e. The van der Waals surface area contributed by atoms with Crippen LogP contribution in [-0.2, 0) is 26.1 Å². The molecule has 21 heavy (non-hydrogen) atoms. The Labute approximate surface area is 128 Å². The van der Waals surface area contributed by atoms with Crippen LogP contribution in [0.25, 0.3) is 0 Å². The Bertz CT molecular complexity index is 603. The molecule has 0 radical (unpaired) electrons. The minimum atomic E-state index is -2.98. The Morgan fingerprint density at radius 3 is 2.81 bits per heavy atom. The first kappa shape index (κ1) is 15.0. The van der Waals surface area contributed by atoms with Crippen LogP contribution in [-0.4, -0.2) is 58.6 Å². The molecule has 0 aliphatic carbocycles. The van der Waals surface area contributed by atoms with Crippen LogP contribution in [0.4, 0.5) is 0 Å². The number of sulfone groups is 1. The molecule has 1 amide bonds. The minimum Gasteiger partial charge on any atom is -0.379 e. The van der Waals surface area contributed by atoms with E-state index in [0.717, 1.165) is 43.3 Å². The Kier molecular flexibility index (Phi) is 4.30. The molecule has 0 unspecified atom stereocenters. The third-order valence-electron chi connectivity index (χ3n) is 3.66. The van der Waals surface area contributed by atoms with Gasteiger partial charge in [-0.1, -0.05) is 0 Å². The maximum absolute atomic E-state index is 12.1. The normalized spacial score (nSPS) is 21.1.